The van der Waals surface area contributed by atoms with Crippen LogP contribution >= 0.6 is 39.1 Å². The third-order valence-electron chi connectivity index (χ3n) is 6.99. The summed E-state index contributed by atoms with van der Waals surface area (Å²) in [6.45, 7) is 13.1. The van der Waals surface area contributed by atoms with Crippen LogP contribution in [0.2, 0.25) is 28.4 Å². The fourth-order valence-corrected chi connectivity index (χ4v) is 6.51. The largest absolute Gasteiger partial charge is 0.414 e. The van der Waals surface area contributed by atoms with Crippen molar-refractivity contribution in [2.24, 2.45) is 11.8 Å². The number of nitrogens with zero attached hydrogens (tertiary/aromatic N) is 3. The van der Waals surface area contributed by atoms with Crippen molar-refractivity contribution >= 4 is 64.2 Å². The number of benzene rings is 1. The summed E-state index contributed by atoms with van der Waals surface area (Å²) in [4.78, 5) is 10.8. The monoisotopic (exact) mass is 533 g/mol. The van der Waals surface area contributed by atoms with Gasteiger partial charge in [-0.25, -0.2) is 9.37 Å². The highest BCUT2D eigenvalue weighted by Gasteiger charge is 2.46. The standard InChI is InChI=1S/C21H27BrCl2FN3OSi/c1-21(2,3)30(4,5)29-15-7-11-6-12(15)10-28(9-11)19-13-8-14(23)16(22)17(25)18(13)26-20(24)27-19/h8,11-12,15H,6-7,9-10H2,1-5H3/t11-,12-,15-/m1/s1. The molecule has 0 N–H and O–H groups in total. The van der Waals surface area contributed by atoms with Crippen molar-refractivity contribution in [3.8, 4) is 0 Å². The molecule has 0 spiro atoms. The Hall–Kier alpha value is -0.473. The number of hydrogen-bond donors (Lipinski definition) is 0. The van der Waals surface area contributed by atoms with Crippen molar-refractivity contribution in [3.63, 3.8) is 0 Å². The Morgan fingerprint density at radius 2 is 1.90 bits per heavy atom. The number of halogens is 4. The van der Waals surface area contributed by atoms with E-state index in [9.17, 15) is 4.39 Å². The van der Waals surface area contributed by atoms with E-state index in [1.165, 1.54) is 0 Å². The summed E-state index contributed by atoms with van der Waals surface area (Å²) in [5, 5.41) is 1.11. The lowest BCUT2D eigenvalue weighted by molar-refractivity contribution is 0.145. The molecule has 2 heterocycles. The normalized spacial score (nSPS) is 24.7. The molecule has 1 aromatic carbocycles. The predicted octanol–water partition coefficient (Wildman–Crippen LogP) is 7.07. The first-order valence-electron chi connectivity index (χ1n) is 10.3. The Balaban J connectivity index is 1.66. The van der Waals surface area contributed by atoms with Gasteiger partial charge in [0, 0.05) is 30.5 Å². The molecule has 4 rings (SSSR count). The van der Waals surface area contributed by atoms with Gasteiger partial charge in [-0.15, -0.1) is 0 Å². The first-order chi connectivity index (χ1) is 13.9. The highest BCUT2D eigenvalue weighted by Crippen LogP contribution is 2.46. The molecule has 2 fully saturated rings. The van der Waals surface area contributed by atoms with E-state index in [1.54, 1.807) is 6.07 Å². The van der Waals surface area contributed by atoms with Gasteiger partial charge in [0.2, 0.25) is 5.28 Å². The summed E-state index contributed by atoms with van der Waals surface area (Å²) in [6, 6.07) is 1.72. The van der Waals surface area contributed by atoms with Gasteiger partial charge < -0.3 is 9.33 Å². The molecule has 2 aromatic rings. The van der Waals surface area contributed by atoms with Crippen molar-refractivity contribution in [2.75, 3.05) is 18.0 Å². The first kappa shape index (κ1) is 22.7. The molecule has 0 unspecified atom stereocenters. The van der Waals surface area contributed by atoms with Gasteiger partial charge in [-0.3, -0.25) is 0 Å². The minimum atomic E-state index is -1.84. The van der Waals surface area contributed by atoms with Crippen molar-refractivity contribution in [1.82, 2.24) is 9.97 Å². The molecule has 2 aliphatic rings. The quantitative estimate of drug-likeness (QED) is 0.239. The van der Waals surface area contributed by atoms with Crippen molar-refractivity contribution in [2.45, 2.75) is 57.8 Å². The molecule has 4 nitrogen and oxygen atoms in total. The van der Waals surface area contributed by atoms with Gasteiger partial charge in [0.05, 0.1) is 9.50 Å². The zero-order valence-electron chi connectivity index (χ0n) is 17.9. The highest BCUT2D eigenvalue weighted by molar-refractivity contribution is 9.10. The Morgan fingerprint density at radius 1 is 1.20 bits per heavy atom. The van der Waals surface area contributed by atoms with Gasteiger partial charge in [-0.1, -0.05) is 32.4 Å². The van der Waals surface area contributed by atoms with E-state index in [4.69, 9.17) is 27.6 Å². The van der Waals surface area contributed by atoms with E-state index in [1.807, 2.05) is 0 Å². The molecule has 0 amide bonds. The van der Waals surface area contributed by atoms with Crippen LogP contribution in [0.25, 0.3) is 10.9 Å². The molecule has 1 saturated carbocycles. The molecule has 30 heavy (non-hydrogen) atoms. The van der Waals surface area contributed by atoms with Crippen LogP contribution < -0.4 is 4.90 Å². The average molecular weight is 535 g/mol. The Labute approximate surface area is 196 Å². The van der Waals surface area contributed by atoms with Gasteiger partial charge in [0.25, 0.3) is 0 Å². The third-order valence-corrected chi connectivity index (χ3v) is 13.0. The van der Waals surface area contributed by atoms with Crippen LogP contribution in [-0.4, -0.2) is 37.5 Å². The van der Waals surface area contributed by atoms with Crippen LogP contribution in [0, 0.1) is 17.7 Å². The van der Waals surface area contributed by atoms with Crippen molar-refractivity contribution in [3.05, 3.63) is 26.7 Å². The highest BCUT2D eigenvalue weighted by atomic mass is 79.9. The van der Waals surface area contributed by atoms with Gasteiger partial charge in [-0.2, -0.15) is 4.98 Å². The molecule has 1 aliphatic heterocycles. The topological polar surface area (TPSA) is 38.2 Å². The number of fused-ring (bicyclic) bond motifs is 3. The lowest BCUT2D eigenvalue weighted by atomic mass is 9.98. The molecular weight excluding hydrogens is 508 g/mol. The summed E-state index contributed by atoms with van der Waals surface area (Å²) < 4.78 is 21.8. The van der Waals surface area contributed by atoms with Crippen molar-refractivity contribution in [1.29, 1.82) is 0 Å². The second-order valence-electron chi connectivity index (χ2n) is 10.1. The molecule has 1 aliphatic carbocycles. The Kier molecular flexibility index (Phi) is 5.93. The van der Waals surface area contributed by atoms with Crippen molar-refractivity contribution < 1.29 is 8.82 Å². The molecule has 1 aromatic heterocycles. The van der Waals surface area contributed by atoms with Crippen LogP contribution in [0.1, 0.15) is 33.6 Å². The summed E-state index contributed by atoms with van der Waals surface area (Å²) >= 11 is 15.6. The minimum absolute atomic E-state index is 0.0395. The zero-order valence-corrected chi connectivity index (χ0v) is 22.0. The first-order valence-corrected chi connectivity index (χ1v) is 14.8. The lowest BCUT2D eigenvalue weighted by Gasteiger charge is -2.40. The third kappa shape index (κ3) is 4.01. The van der Waals surface area contributed by atoms with Gasteiger partial charge in [0.15, 0.2) is 14.1 Å². The van der Waals surface area contributed by atoms with E-state index >= 15 is 0 Å². The molecule has 3 atom stereocenters. The number of anilines is 1. The number of aromatic nitrogens is 2. The van der Waals surface area contributed by atoms with E-state index in [0.29, 0.717) is 28.1 Å². The van der Waals surface area contributed by atoms with Crippen LogP contribution in [0.15, 0.2) is 10.5 Å². The predicted molar refractivity (Wildman–Crippen MR) is 128 cm³/mol. The van der Waals surface area contributed by atoms with Crippen LogP contribution in [0.5, 0.6) is 0 Å². The van der Waals surface area contributed by atoms with E-state index in [0.717, 1.165) is 25.9 Å². The number of rotatable bonds is 3. The van der Waals surface area contributed by atoms with E-state index in [2.05, 4.69) is 64.7 Å². The molecule has 164 valence electrons. The van der Waals surface area contributed by atoms with Gasteiger partial charge in [-0.05, 0) is 70.5 Å². The maximum Gasteiger partial charge on any atom is 0.225 e. The SMILES string of the molecule is CC(C)(C)[Si](C)(C)O[C@@H]1C[C@H]2C[C@@H]1CN(c1nc(Cl)nc3c(F)c(Br)c(Cl)cc13)C2. The van der Waals surface area contributed by atoms with Crippen LogP contribution in [0.3, 0.4) is 0 Å². The molecular formula is C21H27BrCl2FN3OSi. The molecule has 0 radical (unpaired) electrons. The molecule has 9 heteroatoms. The van der Waals surface area contributed by atoms with E-state index < -0.39 is 14.1 Å². The number of piperidine rings is 1. The summed E-state index contributed by atoms with van der Waals surface area (Å²) in [7, 11) is -1.84. The number of hydrogen-bond acceptors (Lipinski definition) is 4. The van der Waals surface area contributed by atoms with Crippen LogP contribution in [-0.2, 0) is 4.43 Å². The second-order valence-corrected chi connectivity index (χ2v) is 16.4. The zero-order chi connectivity index (χ0) is 22.0. The fourth-order valence-electron chi connectivity index (χ4n) is 4.45. The summed E-state index contributed by atoms with van der Waals surface area (Å²) in [5.74, 6) is 1.10. The van der Waals surface area contributed by atoms with Gasteiger partial charge >= 0.3 is 0 Å². The summed E-state index contributed by atoms with van der Waals surface area (Å²) in [6.07, 6.45) is 2.48. The molecule has 1 saturated heterocycles. The van der Waals surface area contributed by atoms with Crippen LogP contribution in [0.4, 0.5) is 10.2 Å². The summed E-state index contributed by atoms with van der Waals surface area (Å²) in [5.41, 5.74) is 0.188. The van der Waals surface area contributed by atoms with E-state index in [-0.39, 0.29) is 26.4 Å². The fraction of sp³-hybridized carbons (Fsp3) is 0.619. The maximum atomic E-state index is 14.8. The Morgan fingerprint density at radius 3 is 2.57 bits per heavy atom. The maximum absolute atomic E-state index is 14.8. The minimum Gasteiger partial charge on any atom is -0.414 e. The average Bonchev–Trinajstić information content (AvgIpc) is 2.91. The lowest BCUT2D eigenvalue weighted by Crippen LogP contribution is -2.46. The molecule has 2 bridgehead atoms. The van der Waals surface area contributed by atoms with Gasteiger partial charge in [0.1, 0.15) is 11.3 Å². The Bertz CT molecular complexity index is 1000. The second kappa shape index (κ2) is 7.83. The smallest absolute Gasteiger partial charge is 0.225 e.